The molecule has 3 heterocycles. The van der Waals surface area contributed by atoms with Crippen molar-refractivity contribution in [2.75, 3.05) is 37.9 Å². The standard InChI is InChI=1S/C19H22N4O5/c1-20-16(11-17(24)21(2)19(20)26)22-6-3-7-23(9-8-22)18(25)13-4-5-14-15(10-13)28-12-27-14/h4-5,10-11H,3,6-9,12H2,1-2H3. The van der Waals surface area contributed by atoms with Gasteiger partial charge in [-0.05, 0) is 24.6 Å². The molecule has 2 aliphatic rings. The molecular formula is C19H22N4O5. The topological polar surface area (TPSA) is 86.0 Å². The molecule has 148 valence electrons. The van der Waals surface area contributed by atoms with Gasteiger partial charge in [-0.25, -0.2) is 4.79 Å². The molecule has 0 atom stereocenters. The van der Waals surface area contributed by atoms with Crippen molar-refractivity contribution >= 4 is 11.7 Å². The number of hydrogen-bond acceptors (Lipinski definition) is 6. The molecule has 0 spiro atoms. The molecule has 2 aromatic rings. The second kappa shape index (κ2) is 7.06. The molecule has 28 heavy (non-hydrogen) atoms. The Kier molecular flexibility index (Phi) is 4.58. The van der Waals surface area contributed by atoms with Crippen LogP contribution in [-0.2, 0) is 14.1 Å². The van der Waals surface area contributed by atoms with Gasteiger partial charge in [0.15, 0.2) is 11.5 Å². The summed E-state index contributed by atoms with van der Waals surface area (Å²) in [6.45, 7) is 2.46. The largest absolute Gasteiger partial charge is 0.454 e. The summed E-state index contributed by atoms with van der Waals surface area (Å²) in [5.41, 5.74) is -0.144. The van der Waals surface area contributed by atoms with Gasteiger partial charge in [0.1, 0.15) is 5.82 Å². The highest BCUT2D eigenvalue weighted by Crippen LogP contribution is 2.32. The number of rotatable bonds is 2. The number of hydrogen-bond donors (Lipinski definition) is 0. The zero-order valence-electron chi connectivity index (χ0n) is 15.9. The lowest BCUT2D eigenvalue weighted by atomic mass is 10.1. The van der Waals surface area contributed by atoms with E-state index in [2.05, 4.69) is 0 Å². The van der Waals surface area contributed by atoms with Gasteiger partial charge in [-0.3, -0.25) is 18.7 Å². The molecule has 9 nitrogen and oxygen atoms in total. The first-order chi connectivity index (χ1) is 13.5. The molecule has 9 heteroatoms. The summed E-state index contributed by atoms with van der Waals surface area (Å²) in [5.74, 6) is 1.73. The molecule has 1 amide bonds. The van der Waals surface area contributed by atoms with Crippen molar-refractivity contribution in [3.63, 3.8) is 0 Å². The highest BCUT2D eigenvalue weighted by atomic mass is 16.7. The first-order valence-corrected chi connectivity index (χ1v) is 9.16. The molecule has 0 N–H and O–H groups in total. The second-order valence-electron chi connectivity index (χ2n) is 6.94. The summed E-state index contributed by atoms with van der Waals surface area (Å²) in [5, 5.41) is 0. The molecule has 0 aliphatic carbocycles. The van der Waals surface area contributed by atoms with E-state index in [4.69, 9.17) is 9.47 Å². The van der Waals surface area contributed by atoms with E-state index in [9.17, 15) is 14.4 Å². The first kappa shape index (κ1) is 18.1. The zero-order chi connectivity index (χ0) is 19.8. The Bertz CT molecular complexity index is 1040. The summed E-state index contributed by atoms with van der Waals surface area (Å²) < 4.78 is 13.2. The summed E-state index contributed by atoms with van der Waals surface area (Å²) in [4.78, 5) is 40.9. The monoisotopic (exact) mass is 386 g/mol. The van der Waals surface area contributed by atoms with Gasteiger partial charge in [0.25, 0.3) is 11.5 Å². The van der Waals surface area contributed by atoms with Crippen molar-refractivity contribution in [2.24, 2.45) is 14.1 Å². The predicted molar refractivity (Wildman–Crippen MR) is 102 cm³/mol. The lowest BCUT2D eigenvalue weighted by molar-refractivity contribution is 0.0766. The molecule has 0 unspecified atom stereocenters. The number of aromatic nitrogens is 2. The summed E-state index contributed by atoms with van der Waals surface area (Å²) in [7, 11) is 3.11. The lowest BCUT2D eigenvalue weighted by Gasteiger charge is -2.25. The minimum atomic E-state index is -0.361. The van der Waals surface area contributed by atoms with E-state index in [-0.39, 0.29) is 23.9 Å². The fraction of sp³-hybridized carbons (Fsp3) is 0.421. The highest BCUT2D eigenvalue weighted by Gasteiger charge is 2.24. The Morgan fingerprint density at radius 2 is 1.71 bits per heavy atom. The SMILES string of the molecule is Cn1c(N2CCCN(C(=O)c3ccc4c(c3)OCO4)CC2)cc(=O)n(C)c1=O. The number of ether oxygens (including phenoxy) is 2. The number of nitrogens with zero attached hydrogens (tertiary/aromatic N) is 4. The van der Waals surface area contributed by atoms with Crippen LogP contribution in [0.5, 0.6) is 11.5 Å². The van der Waals surface area contributed by atoms with Gasteiger partial charge in [0, 0.05) is 51.9 Å². The van der Waals surface area contributed by atoms with E-state index in [0.717, 1.165) is 11.0 Å². The molecule has 1 aromatic heterocycles. The average molecular weight is 386 g/mol. The van der Waals surface area contributed by atoms with Gasteiger partial charge in [-0.1, -0.05) is 0 Å². The van der Waals surface area contributed by atoms with Crippen LogP contribution in [0.25, 0.3) is 0 Å². The zero-order valence-corrected chi connectivity index (χ0v) is 15.9. The molecule has 1 fully saturated rings. The third-order valence-corrected chi connectivity index (χ3v) is 5.23. The van der Waals surface area contributed by atoms with E-state index < -0.39 is 0 Å². The Morgan fingerprint density at radius 3 is 2.54 bits per heavy atom. The van der Waals surface area contributed by atoms with Crippen molar-refractivity contribution in [1.82, 2.24) is 14.0 Å². The number of benzene rings is 1. The van der Waals surface area contributed by atoms with Crippen molar-refractivity contribution in [3.05, 3.63) is 50.7 Å². The number of amides is 1. The number of carbonyl (C=O) groups excluding carboxylic acids is 1. The van der Waals surface area contributed by atoms with Crippen molar-refractivity contribution in [1.29, 1.82) is 0 Å². The summed E-state index contributed by atoms with van der Waals surface area (Å²) in [6.07, 6.45) is 0.736. The maximum atomic E-state index is 12.9. The molecular weight excluding hydrogens is 364 g/mol. The molecule has 1 aromatic carbocycles. The molecule has 0 bridgehead atoms. The van der Waals surface area contributed by atoms with E-state index in [1.165, 1.54) is 17.7 Å². The van der Waals surface area contributed by atoms with E-state index in [1.807, 2.05) is 4.90 Å². The van der Waals surface area contributed by atoms with E-state index in [0.29, 0.717) is 49.1 Å². The predicted octanol–water partition coefficient (Wildman–Crippen LogP) is 0.165. The van der Waals surface area contributed by atoms with Gasteiger partial charge in [0.05, 0.1) is 0 Å². The van der Waals surface area contributed by atoms with E-state index in [1.54, 1.807) is 30.1 Å². The van der Waals surface area contributed by atoms with Crippen LogP contribution in [0.15, 0.2) is 33.9 Å². The van der Waals surface area contributed by atoms with Crippen molar-refractivity contribution in [3.8, 4) is 11.5 Å². The molecule has 2 aliphatic heterocycles. The van der Waals surface area contributed by atoms with Crippen LogP contribution in [0.3, 0.4) is 0 Å². The maximum Gasteiger partial charge on any atom is 0.332 e. The Labute approximate surface area is 161 Å². The van der Waals surface area contributed by atoms with Gasteiger partial charge in [0.2, 0.25) is 6.79 Å². The number of carbonyl (C=O) groups is 1. The molecule has 4 rings (SSSR count). The number of anilines is 1. The molecule has 0 saturated carbocycles. The normalized spacial score (nSPS) is 16.2. The van der Waals surface area contributed by atoms with Crippen LogP contribution in [0.2, 0.25) is 0 Å². The van der Waals surface area contributed by atoms with Crippen LogP contribution in [-0.4, -0.2) is 52.9 Å². The number of fused-ring (bicyclic) bond motifs is 1. The highest BCUT2D eigenvalue weighted by molar-refractivity contribution is 5.95. The Hall–Kier alpha value is -3.23. The van der Waals surface area contributed by atoms with Gasteiger partial charge in [-0.2, -0.15) is 0 Å². The van der Waals surface area contributed by atoms with Gasteiger partial charge >= 0.3 is 5.69 Å². The quantitative estimate of drug-likeness (QED) is 0.731. The fourth-order valence-corrected chi connectivity index (χ4v) is 3.59. The summed E-state index contributed by atoms with van der Waals surface area (Å²) >= 11 is 0. The third-order valence-electron chi connectivity index (χ3n) is 5.23. The first-order valence-electron chi connectivity index (χ1n) is 9.16. The minimum Gasteiger partial charge on any atom is -0.454 e. The van der Waals surface area contributed by atoms with Crippen LogP contribution in [0.1, 0.15) is 16.8 Å². The summed E-state index contributed by atoms with van der Waals surface area (Å²) in [6, 6.07) is 6.66. The van der Waals surface area contributed by atoms with Gasteiger partial charge < -0.3 is 19.3 Å². The maximum absolute atomic E-state index is 12.9. The lowest BCUT2D eigenvalue weighted by Crippen LogP contribution is -2.41. The Morgan fingerprint density at radius 1 is 0.929 bits per heavy atom. The molecule has 1 saturated heterocycles. The van der Waals surface area contributed by atoms with Crippen LogP contribution < -0.4 is 25.6 Å². The minimum absolute atomic E-state index is 0.0713. The van der Waals surface area contributed by atoms with E-state index >= 15 is 0 Å². The second-order valence-corrected chi connectivity index (χ2v) is 6.94. The molecule has 0 radical (unpaired) electrons. The van der Waals surface area contributed by atoms with Crippen molar-refractivity contribution in [2.45, 2.75) is 6.42 Å². The smallest absolute Gasteiger partial charge is 0.332 e. The van der Waals surface area contributed by atoms with Crippen LogP contribution >= 0.6 is 0 Å². The average Bonchev–Trinajstić information content (AvgIpc) is 3.04. The van der Waals surface area contributed by atoms with Crippen LogP contribution in [0.4, 0.5) is 5.82 Å². The van der Waals surface area contributed by atoms with Crippen molar-refractivity contribution < 1.29 is 14.3 Å². The fourth-order valence-electron chi connectivity index (χ4n) is 3.59. The third kappa shape index (κ3) is 3.12. The Balaban J connectivity index is 1.52. The van der Waals surface area contributed by atoms with Crippen LogP contribution in [0, 0.1) is 0 Å². The van der Waals surface area contributed by atoms with Gasteiger partial charge in [-0.15, -0.1) is 0 Å².